The van der Waals surface area contributed by atoms with Gasteiger partial charge in [-0.1, -0.05) is 19.1 Å². The van der Waals surface area contributed by atoms with Gasteiger partial charge in [0.1, 0.15) is 5.69 Å². The first-order valence-corrected chi connectivity index (χ1v) is 5.78. The van der Waals surface area contributed by atoms with Crippen LogP contribution in [0.15, 0.2) is 18.2 Å². The molecule has 1 rings (SSSR count). The van der Waals surface area contributed by atoms with Gasteiger partial charge < -0.3 is 10.1 Å². The Hall–Kier alpha value is -1.62. The Kier molecular flexibility index (Phi) is 5.42. The molecule has 0 aliphatic rings. The molecule has 0 heterocycles. The van der Waals surface area contributed by atoms with Crippen molar-refractivity contribution in [2.75, 3.05) is 18.5 Å². The van der Waals surface area contributed by atoms with Gasteiger partial charge in [-0.15, -0.1) is 0 Å². The number of ether oxygens (including phenoxy) is 1. The van der Waals surface area contributed by atoms with Crippen LogP contribution < -0.4 is 5.32 Å². The van der Waals surface area contributed by atoms with Crippen molar-refractivity contribution in [3.8, 4) is 0 Å². The highest BCUT2D eigenvalue weighted by Crippen LogP contribution is 2.28. The van der Waals surface area contributed by atoms with Crippen molar-refractivity contribution in [3.05, 3.63) is 33.9 Å². The molecule has 5 heteroatoms. The maximum Gasteiger partial charge on any atom is 0.292 e. The second-order valence-corrected chi connectivity index (χ2v) is 3.63. The summed E-state index contributed by atoms with van der Waals surface area (Å²) in [6.45, 7) is 5.62. The molecular formula is C12H18N2O3. The number of nitro groups is 1. The number of rotatable bonds is 7. The van der Waals surface area contributed by atoms with Crippen molar-refractivity contribution in [3.63, 3.8) is 0 Å². The van der Waals surface area contributed by atoms with E-state index in [0.717, 1.165) is 12.0 Å². The molecule has 0 aromatic heterocycles. The number of nitrogens with one attached hydrogen (secondary N) is 1. The van der Waals surface area contributed by atoms with Crippen LogP contribution in [-0.4, -0.2) is 18.1 Å². The molecule has 0 bridgehead atoms. The maximum atomic E-state index is 10.9. The highest BCUT2D eigenvalue weighted by Gasteiger charge is 2.16. The fourth-order valence-corrected chi connectivity index (χ4v) is 1.53. The Labute approximate surface area is 101 Å². The predicted octanol–water partition coefficient (Wildman–Crippen LogP) is 2.95. The monoisotopic (exact) mass is 238 g/mol. The first kappa shape index (κ1) is 13.4. The number of nitrogens with zero attached hydrogens (tertiary/aromatic N) is 1. The summed E-state index contributed by atoms with van der Waals surface area (Å²) in [5, 5.41) is 14.0. The van der Waals surface area contributed by atoms with E-state index in [4.69, 9.17) is 4.74 Å². The van der Waals surface area contributed by atoms with Gasteiger partial charge in [0.15, 0.2) is 0 Å². The number of nitro benzene ring substituents is 1. The summed E-state index contributed by atoms with van der Waals surface area (Å²) in [6.07, 6.45) is 0.917. The molecule has 0 amide bonds. The fourth-order valence-electron chi connectivity index (χ4n) is 1.53. The zero-order chi connectivity index (χ0) is 12.7. The molecule has 0 aliphatic heterocycles. The number of hydrogen-bond acceptors (Lipinski definition) is 4. The molecule has 17 heavy (non-hydrogen) atoms. The SMILES string of the molecule is CCCNc1c(COCC)cccc1[N+](=O)[O-]. The number of benzene rings is 1. The average molecular weight is 238 g/mol. The van der Waals surface area contributed by atoms with Crippen LogP contribution in [0.2, 0.25) is 0 Å². The molecule has 94 valence electrons. The topological polar surface area (TPSA) is 64.4 Å². The zero-order valence-electron chi connectivity index (χ0n) is 10.2. The quantitative estimate of drug-likeness (QED) is 0.586. The third kappa shape index (κ3) is 3.71. The van der Waals surface area contributed by atoms with E-state index in [1.165, 1.54) is 6.07 Å². The molecule has 0 spiro atoms. The molecule has 1 N–H and O–H groups in total. The molecular weight excluding hydrogens is 220 g/mol. The minimum absolute atomic E-state index is 0.107. The fraction of sp³-hybridized carbons (Fsp3) is 0.500. The smallest absolute Gasteiger partial charge is 0.292 e. The van der Waals surface area contributed by atoms with E-state index in [1.54, 1.807) is 6.07 Å². The number of hydrogen-bond donors (Lipinski definition) is 1. The lowest BCUT2D eigenvalue weighted by Gasteiger charge is -2.11. The van der Waals surface area contributed by atoms with Gasteiger partial charge in [0.25, 0.3) is 5.69 Å². The van der Waals surface area contributed by atoms with Gasteiger partial charge in [-0.05, 0) is 13.3 Å². The third-order valence-corrected chi connectivity index (χ3v) is 2.34. The standard InChI is InChI=1S/C12H18N2O3/c1-3-8-13-12-10(9-17-4-2)6-5-7-11(12)14(15)16/h5-7,13H,3-4,8-9H2,1-2H3. The van der Waals surface area contributed by atoms with Gasteiger partial charge in [-0.25, -0.2) is 0 Å². The zero-order valence-corrected chi connectivity index (χ0v) is 10.2. The normalized spacial score (nSPS) is 10.2. The van der Waals surface area contributed by atoms with Crippen LogP contribution >= 0.6 is 0 Å². The minimum Gasteiger partial charge on any atom is -0.379 e. The van der Waals surface area contributed by atoms with Crippen LogP contribution in [0.4, 0.5) is 11.4 Å². The Morgan fingerprint density at radius 2 is 2.18 bits per heavy atom. The van der Waals surface area contributed by atoms with Gasteiger partial charge in [0, 0.05) is 24.8 Å². The van der Waals surface area contributed by atoms with Crippen molar-refractivity contribution in [1.82, 2.24) is 0 Å². The van der Waals surface area contributed by atoms with E-state index in [0.29, 0.717) is 25.4 Å². The molecule has 0 radical (unpaired) electrons. The summed E-state index contributed by atoms with van der Waals surface area (Å²) in [5.41, 5.74) is 1.51. The summed E-state index contributed by atoms with van der Waals surface area (Å²) in [4.78, 5) is 10.6. The van der Waals surface area contributed by atoms with Gasteiger partial charge in [0.2, 0.25) is 0 Å². The summed E-state index contributed by atoms with van der Waals surface area (Å²) in [5.74, 6) is 0. The van der Waals surface area contributed by atoms with Crippen LogP contribution in [0.3, 0.4) is 0 Å². The summed E-state index contributed by atoms with van der Waals surface area (Å²) in [6, 6.07) is 5.04. The molecule has 1 aromatic carbocycles. The Balaban J connectivity index is 3.00. The van der Waals surface area contributed by atoms with E-state index in [9.17, 15) is 10.1 Å². The van der Waals surface area contributed by atoms with Crippen molar-refractivity contribution >= 4 is 11.4 Å². The highest BCUT2D eigenvalue weighted by atomic mass is 16.6. The van der Waals surface area contributed by atoms with Gasteiger partial charge in [-0.2, -0.15) is 0 Å². The van der Waals surface area contributed by atoms with Crippen molar-refractivity contribution < 1.29 is 9.66 Å². The highest BCUT2D eigenvalue weighted by molar-refractivity contribution is 5.66. The van der Waals surface area contributed by atoms with Crippen molar-refractivity contribution in [2.24, 2.45) is 0 Å². The molecule has 5 nitrogen and oxygen atoms in total. The van der Waals surface area contributed by atoms with Crippen LogP contribution in [0.5, 0.6) is 0 Å². The first-order valence-electron chi connectivity index (χ1n) is 5.78. The van der Waals surface area contributed by atoms with E-state index in [1.807, 2.05) is 19.9 Å². The molecule has 0 aliphatic carbocycles. The lowest BCUT2D eigenvalue weighted by Crippen LogP contribution is -2.07. The van der Waals surface area contributed by atoms with Crippen LogP contribution in [0.25, 0.3) is 0 Å². The summed E-state index contributed by atoms with van der Waals surface area (Å²) >= 11 is 0. The Morgan fingerprint density at radius 3 is 2.76 bits per heavy atom. The third-order valence-electron chi connectivity index (χ3n) is 2.34. The molecule has 1 aromatic rings. The van der Waals surface area contributed by atoms with Gasteiger partial charge in [0.05, 0.1) is 11.5 Å². The molecule has 0 atom stereocenters. The average Bonchev–Trinajstić information content (AvgIpc) is 2.33. The van der Waals surface area contributed by atoms with Gasteiger partial charge >= 0.3 is 0 Å². The van der Waals surface area contributed by atoms with Crippen molar-refractivity contribution in [2.45, 2.75) is 26.9 Å². The second-order valence-electron chi connectivity index (χ2n) is 3.63. The number of para-hydroxylation sites is 1. The Morgan fingerprint density at radius 1 is 1.41 bits per heavy atom. The summed E-state index contributed by atoms with van der Waals surface area (Å²) in [7, 11) is 0. The molecule has 0 saturated carbocycles. The molecule has 0 fully saturated rings. The first-order chi connectivity index (χ1) is 8.20. The number of anilines is 1. The van der Waals surface area contributed by atoms with E-state index < -0.39 is 0 Å². The maximum absolute atomic E-state index is 10.9. The lowest BCUT2D eigenvalue weighted by atomic mass is 10.1. The van der Waals surface area contributed by atoms with Gasteiger partial charge in [-0.3, -0.25) is 10.1 Å². The van der Waals surface area contributed by atoms with Crippen LogP contribution in [-0.2, 0) is 11.3 Å². The van der Waals surface area contributed by atoms with Crippen LogP contribution in [0, 0.1) is 10.1 Å². The molecule has 0 saturated heterocycles. The van der Waals surface area contributed by atoms with Crippen LogP contribution in [0.1, 0.15) is 25.8 Å². The molecule has 0 unspecified atom stereocenters. The predicted molar refractivity (Wildman–Crippen MR) is 67.2 cm³/mol. The largest absolute Gasteiger partial charge is 0.379 e. The minimum atomic E-state index is -0.368. The van der Waals surface area contributed by atoms with E-state index in [2.05, 4.69) is 5.32 Å². The van der Waals surface area contributed by atoms with E-state index >= 15 is 0 Å². The summed E-state index contributed by atoms with van der Waals surface area (Å²) < 4.78 is 5.31. The second kappa shape index (κ2) is 6.85. The lowest BCUT2D eigenvalue weighted by molar-refractivity contribution is -0.384. The Bertz CT molecular complexity index is 380. The van der Waals surface area contributed by atoms with Crippen molar-refractivity contribution in [1.29, 1.82) is 0 Å². The van der Waals surface area contributed by atoms with E-state index in [-0.39, 0.29) is 10.6 Å².